The molecular formula is C30H28ClFN4O4. The van der Waals surface area contributed by atoms with Crippen molar-refractivity contribution in [2.45, 2.75) is 25.8 Å². The Hall–Kier alpha value is -3.76. The Labute approximate surface area is 235 Å². The Morgan fingerprint density at radius 1 is 1.02 bits per heavy atom. The molecule has 1 N–H and O–H groups in total. The van der Waals surface area contributed by atoms with E-state index >= 15 is 0 Å². The van der Waals surface area contributed by atoms with Crippen LogP contribution in [0.15, 0.2) is 81.7 Å². The number of ether oxygens (including phenoxy) is 1. The molecule has 0 amide bonds. The minimum Gasteiger partial charge on any atom is -0.472 e. The molecule has 40 heavy (non-hydrogen) atoms. The first-order chi connectivity index (χ1) is 19.4. The van der Waals surface area contributed by atoms with Crippen molar-refractivity contribution in [1.29, 1.82) is 0 Å². The van der Waals surface area contributed by atoms with Crippen LogP contribution < -0.4 is 4.74 Å². The molecule has 1 aliphatic heterocycles. The fraction of sp³-hybridized carbons (Fsp3) is 0.267. The van der Waals surface area contributed by atoms with E-state index in [1.807, 2.05) is 42.5 Å². The van der Waals surface area contributed by atoms with Crippen LogP contribution in [0, 0.1) is 5.82 Å². The fourth-order valence-corrected chi connectivity index (χ4v) is 5.11. The summed E-state index contributed by atoms with van der Waals surface area (Å²) < 4.78 is 30.9. The van der Waals surface area contributed by atoms with E-state index in [2.05, 4.69) is 19.9 Å². The topological polar surface area (TPSA) is 88.0 Å². The molecule has 2 aromatic heterocycles. The molecule has 10 heteroatoms. The van der Waals surface area contributed by atoms with Crippen LogP contribution in [0.1, 0.15) is 12.7 Å². The normalized spacial score (nSPS) is 16.3. The summed E-state index contributed by atoms with van der Waals surface area (Å²) in [6, 6.07) is 20.9. The predicted octanol–water partition coefficient (Wildman–Crippen LogP) is 5.85. The highest BCUT2D eigenvalue weighted by Gasteiger charge is 2.29. The number of aromatic nitrogens is 2. The first-order valence-corrected chi connectivity index (χ1v) is 13.5. The fourth-order valence-electron chi connectivity index (χ4n) is 4.89. The van der Waals surface area contributed by atoms with Crippen LogP contribution >= 0.6 is 11.6 Å². The van der Waals surface area contributed by atoms with E-state index in [0.717, 1.165) is 30.0 Å². The van der Waals surface area contributed by atoms with Crippen LogP contribution in [0.5, 0.6) is 5.75 Å². The molecule has 0 aliphatic carbocycles. The van der Waals surface area contributed by atoms with E-state index in [1.165, 1.54) is 12.1 Å². The minimum atomic E-state index is -0.717. The molecule has 5 aromatic rings. The van der Waals surface area contributed by atoms with Crippen LogP contribution in [-0.4, -0.2) is 63.6 Å². The van der Waals surface area contributed by atoms with Gasteiger partial charge in [-0.3, -0.25) is 9.80 Å². The molecule has 1 saturated heterocycles. The minimum absolute atomic E-state index is 0.286. The van der Waals surface area contributed by atoms with Crippen molar-refractivity contribution < 1.29 is 23.2 Å². The van der Waals surface area contributed by atoms with Gasteiger partial charge in [0.2, 0.25) is 5.89 Å². The number of piperazine rings is 1. The van der Waals surface area contributed by atoms with Gasteiger partial charge in [-0.1, -0.05) is 28.9 Å². The molecule has 1 fully saturated rings. The van der Waals surface area contributed by atoms with Crippen molar-refractivity contribution in [3.63, 3.8) is 0 Å². The maximum absolute atomic E-state index is 13.2. The molecule has 0 radical (unpaired) electrons. The zero-order valence-electron chi connectivity index (χ0n) is 21.8. The lowest BCUT2D eigenvalue weighted by Crippen LogP contribution is -2.55. The Kier molecular flexibility index (Phi) is 7.53. The van der Waals surface area contributed by atoms with Gasteiger partial charge in [-0.25, -0.2) is 9.37 Å². The second-order valence-corrected chi connectivity index (χ2v) is 10.3. The van der Waals surface area contributed by atoms with E-state index in [0.29, 0.717) is 53.1 Å². The van der Waals surface area contributed by atoms with Gasteiger partial charge in [-0.2, -0.15) is 0 Å². The molecule has 1 unspecified atom stereocenters. The molecule has 8 nitrogen and oxygen atoms in total. The number of hydrogen-bond acceptors (Lipinski definition) is 8. The van der Waals surface area contributed by atoms with Gasteiger partial charge in [-0.15, -0.1) is 0 Å². The molecule has 3 heterocycles. The van der Waals surface area contributed by atoms with Gasteiger partial charge >= 0.3 is 0 Å². The maximum atomic E-state index is 13.2. The molecular weight excluding hydrogens is 535 g/mol. The van der Waals surface area contributed by atoms with E-state index in [1.54, 1.807) is 25.1 Å². The largest absolute Gasteiger partial charge is 0.472 e. The van der Waals surface area contributed by atoms with Crippen molar-refractivity contribution >= 4 is 22.7 Å². The van der Waals surface area contributed by atoms with Gasteiger partial charge in [0.25, 0.3) is 0 Å². The number of fused-ring (bicyclic) bond motifs is 1. The maximum Gasteiger partial charge on any atom is 0.228 e. The zero-order chi connectivity index (χ0) is 27.6. The second-order valence-electron chi connectivity index (χ2n) is 9.87. The molecule has 3 aromatic carbocycles. The highest BCUT2D eigenvalue weighted by molar-refractivity contribution is 6.33. The molecule has 0 bridgehead atoms. The average molecular weight is 563 g/mol. The quantitative estimate of drug-likeness (QED) is 0.252. The van der Waals surface area contributed by atoms with Gasteiger partial charge in [-0.05, 0) is 55.5 Å². The summed E-state index contributed by atoms with van der Waals surface area (Å²) in [6.07, 6.45) is -1.24. The summed E-state index contributed by atoms with van der Waals surface area (Å²) in [5.74, 6) is 1.49. The van der Waals surface area contributed by atoms with E-state index in [9.17, 15) is 9.50 Å². The molecule has 206 valence electrons. The summed E-state index contributed by atoms with van der Waals surface area (Å²) in [5, 5.41) is 15.3. The monoisotopic (exact) mass is 562 g/mol. The van der Waals surface area contributed by atoms with Gasteiger partial charge in [0.1, 0.15) is 28.9 Å². The standard InChI is InChI=1S/C30H28ClFN4O4/c1-19(37)30(38-22-10-11-28-27(16-22)33-29(39-28)24-4-2-3-5-25(24)31)36-14-12-35(13-15-36)18-23-17-26(34-40-23)20-6-8-21(32)9-7-20/h2-11,16-17,19,30,37H,12-15,18H2,1H3/t19-,30?/m0/s1. The van der Waals surface area contributed by atoms with E-state index in [-0.39, 0.29) is 5.82 Å². The highest BCUT2D eigenvalue weighted by Crippen LogP contribution is 2.31. The summed E-state index contributed by atoms with van der Waals surface area (Å²) in [4.78, 5) is 9.00. The van der Waals surface area contributed by atoms with Crippen LogP contribution in [0.3, 0.4) is 0 Å². The number of oxazole rings is 1. The third kappa shape index (κ3) is 5.73. The van der Waals surface area contributed by atoms with Crippen LogP contribution in [0.4, 0.5) is 4.39 Å². The third-order valence-corrected chi connectivity index (χ3v) is 7.31. The van der Waals surface area contributed by atoms with Gasteiger partial charge < -0.3 is 18.8 Å². The zero-order valence-corrected chi connectivity index (χ0v) is 22.6. The summed E-state index contributed by atoms with van der Waals surface area (Å²) >= 11 is 6.31. The Morgan fingerprint density at radius 3 is 2.55 bits per heavy atom. The lowest BCUT2D eigenvalue weighted by molar-refractivity contribution is -0.0756. The number of benzene rings is 3. The summed E-state index contributed by atoms with van der Waals surface area (Å²) in [6.45, 7) is 5.28. The first-order valence-electron chi connectivity index (χ1n) is 13.1. The second kappa shape index (κ2) is 11.4. The lowest BCUT2D eigenvalue weighted by atomic mass is 10.1. The van der Waals surface area contributed by atoms with Crippen molar-refractivity contribution in [3.8, 4) is 28.5 Å². The lowest BCUT2D eigenvalue weighted by Gasteiger charge is -2.39. The molecule has 6 rings (SSSR count). The third-order valence-electron chi connectivity index (χ3n) is 6.98. The van der Waals surface area contributed by atoms with Gasteiger partial charge in [0.15, 0.2) is 17.6 Å². The molecule has 0 saturated carbocycles. The average Bonchev–Trinajstić information content (AvgIpc) is 3.60. The van der Waals surface area contributed by atoms with E-state index in [4.69, 9.17) is 25.3 Å². The molecule has 1 aliphatic rings. The van der Waals surface area contributed by atoms with Crippen molar-refractivity contribution in [3.05, 3.63) is 89.4 Å². The van der Waals surface area contributed by atoms with Crippen LogP contribution in [0.2, 0.25) is 5.02 Å². The Bertz CT molecular complexity index is 1600. The summed E-state index contributed by atoms with van der Waals surface area (Å²) in [5.41, 5.74) is 3.48. The van der Waals surface area contributed by atoms with Crippen molar-refractivity contribution in [2.24, 2.45) is 0 Å². The van der Waals surface area contributed by atoms with Gasteiger partial charge in [0, 0.05) is 43.9 Å². The number of halogens is 2. The predicted molar refractivity (Wildman–Crippen MR) is 149 cm³/mol. The van der Waals surface area contributed by atoms with Crippen molar-refractivity contribution in [2.75, 3.05) is 26.2 Å². The Balaban J connectivity index is 1.09. The van der Waals surface area contributed by atoms with Crippen LogP contribution in [-0.2, 0) is 6.54 Å². The highest BCUT2D eigenvalue weighted by atomic mass is 35.5. The number of aliphatic hydroxyl groups excluding tert-OH is 1. The van der Waals surface area contributed by atoms with Crippen LogP contribution in [0.25, 0.3) is 33.8 Å². The first kappa shape index (κ1) is 26.5. The molecule has 0 spiro atoms. The number of rotatable bonds is 8. The van der Waals surface area contributed by atoms with E-state index < -0.39 is 12.3 Å². The SMILES string of the molecule is C[C@H](O)C(Oc1ccc2oc(-c3ccccc3Cl)nc2c1)N1CCN(Cc2cc(-c3ccc(F)cc3)no2)CC1. The molecule has 2 atom stereocenters. The smallest absolute Gasteiger partial charge is 0.228 e. The number of nitrogens with zero attached hydrogens (tertiary/aromatic N) is 4. The Morgan fingerprint density at radius 2 is 1.80 bits per heavy atom. The number of aliphatic hydroxyl groups is 1. The van der Waals surface area contributed by atoms with Gasteiger partial charge in [0.05, 0.1) is 17.1 Å². The summed E-state index contributed by atoms with van der Waals surface area (Å²) in [7, 11) is 0. The number of hydrogen-bond donors (Lipinski definition) is 1. The van der Waals surface area contributed by atoms with Crippen molar-refractivity contribution in [1.82, 2.24) is 19.9 Å².